The van der Waals surface area contributed by atoms with Crippen LogP contribution in [0.25, 0.3) is 0 Å². The Morgan fingerprint density at radius 3 is 2.38 bits per heavy atom. The monoisotopic (exact) mass is 198 g/mol. The van der Waals surface area contributed by atoms with E-state index >= 15 is 0 Å². The zero-order valence-corrected chi connectivity index (χ0v) is 7.76. The van der Waals surface area contributed by atoms with E-state index in [0.29, 0.717) is 0 Å². The minimum absolute atomic E-state index is 0.0532. The van der Waals surface area contributed by atoms with Crippen LogP contribution in [0.15, 0.2) is 23.1 Å². The van der Waals surface area contributed by atoms with E-state index in [2.05, 4.69) is 6.07 Å². The summed E-state index contributed by atoms with van der Waals surface area (Å²) < 4.78 is 21.9. The molecule has 5 heteroatoms. The number of carbonyl (C=O) groups is 1. The molecule has 1 rings (SSSR count). The lowest BCUT2D eigenvalue weighted by atomic mass is 10.2. The fourth-order valence-electron chi connectivity index (χ4n) is 0.794. The van der Waals surface area contributed by atoms with Gasteiger partial charge in [-0.3, -0.25) is 4.79 Å². The molecule has 0 saturated carbocycles. The second-order valence-corrected chi connectivity index (χ2v) is 4.56. The highest BCUT2D eigenvalue weighted by molar-refractivity contribution is 7.90. The molecule has 0 aliphatic rings. The Bertz CT molecular complexity index is 419. The van der Waals surface area contributed by atoms with E-state index < -0.39 is 15.7 Å². The molecular weight excluding hydrogens is 190 g/mol. The third-order valence-electron chi connectivity index (χ3n) is 1.47. The molecule has 69 valence electrons. The minimum atomic E-state index is -3.25. The molecule has 0 spiro atoms. The van der Waals surface area contributed by atoms with Gasteiger partial charge in [0.25, 0.3) is 0 Å². The molecule has 0 bridgehead atoms. The van der Waals surface area contributed by atoms with Crippen molar-refractivity contribution in [2.45, 2.75) is 4.90 Å². The smallest absolute Gasteiger partial charge is 0.248 e. The van der Waals surface area contributed by atoms with Crippen molar-refractivity contribution in [2.24, 2.45) is 5.73 Å². The summed E-state index contributed by atoms with van der Waals surface area (Å²) in [6.07, 6.45) is 1.07. The highest BCUT2D eigenvalue weighted by atomic mass is 32.2. The van der Waals surface area contributed by atoms with Crippen LogP contribution in [0.5, 0.6) is 0 Å². The molecule has 1 aromatic rings. The maximum Gasteiger partial charge on any atom is 0.248 e. The van der Waals surface area contributed by atoms with Gasteiger partial charge >= 0.3 is 0 Å². The van der Waals surface area contributed by atoms with Gasteiger partial charge in [0.15, 0.2) is 9.84 Å². The molecule has 0 atom stereocenters. The average molecular weight is 198 g/mol. The Hall–Kier alpha value is -1.36. The highest BCUT2D eigenvalue weighted by Gasteiger charge is 2.07. The molecule has 0 fully saturated rings. The van der Waals surface area contributed by atoms with Crippen LogP contribution in [0.3, 0.4) is 0 Å². The molecule has 4 nitrogen and oxygen atoms in total. The van der Waals surface area contributed by atoms with Gasteiger partial charge in [0.1, 0.15) is 0 Å². The molecule has 0 heterocycles. The number of hydrogen-bond acceptors (Lipinski definition) is 3. The fourth-order valence-corrected chi connectivity index (χ4v) is 1.38. The Morgan fingerprint density at radius 2 is 2.08 bits per heavy atom. The van der Waals surface area contributed by atoms with Crippen LogP contribution < -0.4 is 5.73 Å². The highest BCUT2D eigenvalue weighted by Crippen LogP contribution is 2.08. The van der Waals surface area contributed by atoms with Gasteiger partial charge in [-0.1, -0.05) is 0 Å². The number of amides is 1. The van der Waals surface area contributed by atoms with Crippen molar-refractivity contribution in [3.8, 4) is 0 Å². The van der Waals surface area contributed by atoms with Gasteiger partial charge < -0.3 is 5.73 Å². The van der Waals surface area contributed by atoms with Gasteiger partial charge in [-0.25, -0.2) is 8.42 Å². The molecule has 0 aliphatic carbocycles. The van der Waals surface area contributed by atoms with Gasteiger partial charge in [0, 0.05) is 17.9 Å². The van der Waals surface area contributed by atoms with Crippen LogP contribution in [0.2, 0.25) is 0 Å². The van der Waals surface area contributed by atoms with Gasteiger partial charge in [-0.05, 0) is 18.2 Å². The van der Waals surface area contributed by atoms with Crippen LogP contribution >= 0.6 is 0 Å². The molecule has 0 saturated heterocycles. The minimum Gasteiger partial charge on any atom is -0.366 e. The maximum atomic E-state index is 11.0. The first kappa shape index (κ1) is 9.73. The van der Waals surface area contributed by atoms with E-state index in [-0.39, 0.29) is 10.5 Å². The third-order valence-corrected chi connectivity index (χ3v) is 2.52. The van der Waals surface area contributed by atoms with Crippen LogP contribution in [-0.4, -0.2) is 20.6 Å². The van der Waals surface area contributed by atoms with Crippen molar-refractivity contribution in [1.82, 2.24) is 0 Å². The molecule has 1 aromatic carbocycles. The molecule has 13 heavy (non-hydrogen) atoms. The van der Waals surface area contributed by atoms with E-state index in [9.17, 15) is 13.2 Å². The zero-order valence-electron chi connectivity index (χ0n) is 6.94. The quantitative estimate of drug-likeness (QED) is 0.726. The summed E-state index contributed by atoms with van der Waals surface area (Å²) in [5.74, 6) is -0.601. The van der Waals surface area contributed by atoms with Crippen molar-refractivity contribution >= 4 is 15.7 Å². The lowest BCUT2D eigenvalue weighted by Gasteiger charge is -1.97. The third kappa shape index (κ3) is 2.29. The van der Waals surface area contributed by atoms with Gasteiger partial charge in [0.05, 0.1) is 4.90 Å². The van der Waals surface area contributed by atoms with E-state index in [1.54, 1.807) is 0 Å². The van der Waals surface area contributed by atoms with Crippen LogP contribution in [0.4, 0.5) is 0 Å². The zero-order chi connectivity index (χ0) is 10.1. The summed E-state index contributed by atoms with van der Waals surface area (Å²) in [4.78, 5) is 10.7. The predicted molar refractivity (Wildman–Crippen MR) is 46.9 cm³/mol. The Morgan fingerprint density at radius 1 is 1.46 bits per heavy atom. The first-order valence-electron chi connectivity index (χ1n) is 3.43. The summed E-state index contributed by atoms with van der Waals surface area (Å²) in [6, 6.07) is 6.39. The standard InChI is InChI=1S/C8H8NO3S/c1-13(11,12)7-4-2-6(3-5-7)8(9)10/h2-4H,1H3,(H2,9,10). The molecule has 0 aliphatic heterocycles. The van der Waals surface area contributed by atoms with Crippen LogP contribution in [-0.2, 0) is 9.84 Å². The lowest BCUT2D eigenvalue weighted by molar-refractivity contribution is 0.1000. The van der Waals surface area contributed by atoms with Crippen molar-refractivity contribution in [3.05, 3.63) is 29.8 Å². The van der Waals surface area contributed by atoms with Crippen molar-refractivity contribution < 1.29 is 13.2 Å². The van der Waals surface area contributed by atoms with Crippen LogP contribution in [0.1, 0.15) is 10.4 Å². The van der Waals surface area contributed by atoms with Crippen LogP contribution in [0, 0.1) is 6.07 Å². The maximum absolute atomic E-state index is 11.0. The number of sulfone groups is 1. The molecule has 0 unspecified atom stereocenters. The number of rotatable bonds is 2. The Kier molecular flexibility index (Phi) is 2.38. The topological polar surface area (TPSA) is 77.2 Å². The normalized spacial score (nSPS) is 11.2. The molecule has 2 N–H and O–H groups in total. The predicted octanol–water partition coefficient (Wildman–Crippen LogP) is -0.0108. The molecule has 1 amide bonds. The van der Waals surface area contributed by atoms with Gasteiger partial charge in [-0.2, -0.15) is 0 Å². The average Bonchev–Trinajstić information content (AvgIpc) is 2.03. The summed E-state index contributed by atoms with van der Waals surface area (Å²) in [5.41, 5.74) is 5.21. The van der Waals surface area contributed by atoms with E-state index in [4.69, 9.17) is 5.73 Å². The summed E-state index contributed by atoms with van der Waals surface area (Å²) in [7, 11) is -3.25. The van der Waals surface area contributed by atoms with E-state index in [0.717, 1.165) is 6.26 Å². The van der Waals surface area contributed by atoms with E-state index in [1.807, 2.05) is 0 Å². The number of hydrogen-bond donors (Lipinski definition) is 1. The second-order valence-electron chi connectivity index (χ2n) is 2.58. The Balaban J connectivity index is 3.16. The van der Waals surface area contributed by atoms with Crippen molar-refractivity contribution in [3.63, 3.8) is 0 Å². The van der Waals surface area contributed by atoms with Crippen molar-refractivity contribution in [2.75, 3.05) is 6.26 Å². The van der Waals surface area contributed by atoms with E-state index in [1.165, 1.54) is 18.2 Å². The summed E-state index contributed by atoms with van der Waals surface area (Å²) in [6.45, 7) is 0. The number of primary amides is 1. The SMILES string of the molecule is CS(=O)(=O)c1[c]cc(C(N)=O)cc1. The summed E-state index contributed by atoms with van der Waals surface area (Å²) in [5, 5.41) is 0. The lowest BCUT2D eigenvalue weighted by Crippen LogP contribution is -2.11. The first-order chi connectivity index (χ1) is 5.91. The van der Waals surface area contributed by atoms with Gasteiger partial charge in [0.2, 0.25) is 5.91 Å². The number of nitrogens with two attached hydrogens (primary N) is 1. The largest absolute Gasteiger partial charge is 0.366 e. The van der Waals surface area contributed by atoms with Gasteiger partial charge in [-0.15, -0.1) is 0 Å². The second kappa shape index (κ2) is 3.18. The first-order valence-corrected chi connectivity index (χ1v) is 5.32. The number of benzene rings is 1. The molecule has 0 aromatic heterocycles. The fraction of sp³-hybridized carbons (Fsp3) is 0.125. The number of carbonyl (C=O) groups excluding carboxylic acids is 1. The Labute approximate surface area is 76.3 Å². The molecule has 1 radical (unpaired) electrons. The molecular formula is C8H8NO3S. The summed E-state index contributed by atoms with van der Waals surface area (Å²) >= 11 is 0. The van der Waals surface area contributed by atoms with Crippen molar-refractivity contribution in [1.29, 1.82) is 0 Å².